The molecule has 1 fully saturated rings. The molecule has 2 aliphatic rings. The van der Waals surface area contributed by atoms with Gasteiger partial charge in [-0.2, -0.15) is 0 Å². The van der Waals surface area contributed by atoms with Gasteiger partial charge in [-0.3, -0.25) is 4.79 Å². The Morgan fingerprint density at radius 2 is 2.10 bits per heavy atom. The molecule has 1 heterocycles. The summed E-state index contributed by atoms with van der Waals surface area (Å²) in [6.07, 6.45) is 1.57. The first-order valence-electron chi connectivity index (χ1n) is 6.93. The van der Waals surface area contributed by atoms with Crippen molar-refractivity contribution >= 4 is 27.6 Å². The van der Waals surface area contributed by atoms with E-state index in [1.165, 1.54) is 0 Å². The van der Waals surface area contributed by atoms with Crippen LogP contribution in [0.1, 0.15) is 31.7 Å². The minimum absolute atomic E-state index is 0.340. The molecule has 0 bridgehead atoms. The van der Waals surface area contributed by atoms with Gasteiger partial charge < -0.3 is 15.3 Å². The van der Waals surface area contributed by atoms with E-state index in [0.29, 0.717) is 25.9 Å². The third-order valence-corrected chi connectivity index (χ3v) is 4.50. The van der Waals surface area contributed by atoms with Crippen LogP contribution in [-0.4, -0.2) is 29.4 Å². The molecule has 0 atom stereocenters. The molecule has 0 aromatic heterocycles. The summed E-state index contributed by atoms with van der Waals surface area (Å²) in [5, 5.41) is 4.18. The number of hydrogen-bond acceptors (Lipinski definition) is 5. The smallest absolute Gasteiger partial charge is 0.326 e. The van der Waals surface area contributed by atoms with Crippen LogP contribution < -0.4 is 5.73 Å². The lowest BCUT2D eigenvalue weighted by atomic mass is 9.63. The fraction of sp³-hybridized carbons (Fsp3) is 0.467. The van der Waals surface area contributed by atoms with Crippen LogP contribution in [0.3, 0.4) is 0 Å². The average Bonchev–Trinajstić information content (AvgIpc) is 2.84. The van der Waals surface area contributed by atoms with Gasteiger partial charge in [0, 0.05) is 23.7 Å². The summed E-state index contributed by atoms with van der Waals surface area (Å²) in [7, 11) is 0. The van der Waals surface area contributed by atoms with Crippen molar-refractivity contribution in [1.82, 2.24) is 0 Å². The summed E-state index contributed by atoms with van der Waals surface area (Å²) in [4.78, 5) is 17.4. The van der Waals surface area contributed by atoms with Crippen molar-refractivity contribution in [3.8, 4) is 0 Å². The molecule has 2 N–H and O–H groups in total. The summed E-state index contributed by atoms with van der Waals surface area (Å²) < 4.78 is 6.03. The van der Waals surface area contributed by atoms with Crippen LogP contribution in [0.2, 0.25) is 0 Å². The molecule has 112 valence electrons. The zero-order valence-corrected chi connectivity index (χ0v) is 13.4. The third kappa shape index (κ3) is 2.58. The number of halogens is 1. The monoisotopic (exact) mass is 352 g/mol. The highest BCUT2D eigenvalue weighted by Crippen LogP contribution is 2.48. The highest BCUT2D eigenvalue weighted by molar-refractivity contribution is 9.10. The third-order valence-electron chi connectivity index (χ3n) is 3.97. The number of nitrogens with two attached hydrogens (primary N) is 1. The average molecular weight is 353 g/mol. The van der Waals surface area contributed by atoms with E-state index in [1.807, 2.05) is 24.3 Å². The fourth-order valence-corrected chi connectivity index (χ4v) is 3.29. The Kier molecular flexibility index (Phi) is 3.53. The highest BCUT2D eigenvalue weighted by Gasteiger charge is 2.62. The molecule has 0 unspecified atom stereocenters. The van der Waals surface area contributed by atoms with Crippen LogP contribution in [0.25, 0.3) is 0 Å². The molecule has 0 radical (unpaired) electrons. The van der Waals surface area contributed by atoms with E-state index in [0.717, 1.165) is 15.7 Å². The molecule has 0 amide bonds. The minimum atomic E-state index is -0.930. The minimum Gasteiger partial charge on any atom is -0.465 e. The summed E-state index contributed by atoms with van der Waals surface area (Å²) in [6, 6.07) is 7.92. The first-order chi connectivity index (χ1) is 9.96. The maximum atomic E-state index is 11.8. The zero-order valence-electron chi connectivity index (χ0n) is 11.8. The number of oxime groups is 1. The van der Waals surface area contributed by atoms with E-state index in [-0.39, 0.29) is 5.97 Å². The Morgan fingerprint density at radius 1 is 1.43 bits per heavy atom. The van der Waals surface area contributed by atoms with Crippen LogP contribution in [0.5, 0.6) is 0 Å². The molecule has 6 heteroatoms. The number of carbonyl (C=O) groups excluding carboxylic acids is 1. The maximum absolute atomic E-state index is 11.8. The number of benzene rings is 1. The Morgan fingerprint density at radius 3 is 2.71 bits per heavy atom. The Hall–Kier alpha value is -1.40. The lowest BCUT2D eigenvalue weighted by Crippen LogP contribution is -2.66. The van der Waals surface area contributed by atoms with E-state index >= 15 is 0 Å². The molecule has 5 nitrogen and oxygen atoms in total. The van der Waals surface area contributed by atoms with Crippen molar-refractivity contribution in [3.63, 3.8) is 0 Å². The number of rotatable bonds is 3. The standard InChI is InChI=1S/C15H17BrN2O3/c1-2-20-13(19)15(17)8-14(9-15)7-12(18-21-14)10-3-5-11(16)6-4-10/h3-6H,2,7-9,17H2,1H3. The number of esters is 1. The Labute approximate surface area is 131 Å². The van der Waals surface area contributed by atoms with Gasteiger partial charge >= 0.3 is 5.97 Å². The van der Waals surface area contributed by atoms with Gasteiger partial charge in [0.2, 0.25) is 0 Å². The van der Waals surface area contributed by atoms with Crippen LogP contribution in [-0.2, 0) is 14.4 Å². The molecule has 21 heavy (non-hydrogen) atoms. The summed E-state index contributed by atoms with van der Waals surface area (Å²) in [5.74, 6) is -0.351. The Balaban J connectivity index is 1.65. The van der Waals surface area contributed by atoms with Crippen LogP contribution in [0, 0.1) is 0 Å². The maximum Gasteiger partial charge on any atom is 0.326 e. The highest BCUT2D eigenvalue weighted by atomic mass is 79.9. The number of hydrogen-bond donors (Lipinski definition) is 1. The first-order valence-corrected chi connectivity index (χ1v) is 7.73. The number of carbonyl (C=O) groups is 1. The predicted molar refractivity (Wildman–Crippen MR) is 81.9 cm³/mol. The normalized spacial score (nSPS) is 30.5. The van der Waals surface area contributed by atoms with Crippen molar-refractivity contribution in [2.45, 2.75) is 37.3 Å². The van der Waals surface area contributed by atoms with Crippen molar-refractivity contribution in [3.05, 3.63) is 34.3 Å². The second-order valence-corrected chi connectivity index (χ2v) is 6.64. The van der Waals surface area contributed by atoms with E-state index in [4.69, 9.17) is 15.3 Å². The predicted octanol–water partition coefficient (Wildman–Crippen LogP) is 2.37. The van der Waals surface area contributed by atoms with Crippen molar-refractivity contribution in [2.75, 3.05) is 6.61 Å². The first kappa shape index (κ1) is 14.5. The van der Waals surface area contributed by atoms with Gasteiger partial charge in [0.05, 0.1) is 12.3 Å². The Bertz CT molecular complexity index is 591. The summed E-state index contributed by atoms with van der Waals surface area (Å²) in [5.41, 5.74) is 6.63. The van der Waals surface area contributed by atoms with Crippen molar-refractivity contribution in [2.24, 2.45) is 10.9 Å². The van der Waals surface area contributed by atoms with E-state index in [9.17, 15) is 4.79 Å². The largest absolute Gasteiger partial charge is 0.465 e. The van der Waals surface area contributed by atoms with Gasteiger partial charge in [0.25, 0.3) is 0 Å². The van der Waals surface area contributed by atoms with Crippen LogP contribution >= 0.6 is 15.9 Å². The van der Waals surface area contributed by atoms with Crippen LogP contribution in [0.15, 0.2) is 33.9 Å². The van der Waals surface area contributed by atoms with Gasteiger partial charge in [-0.1, -0.05) is 33.2 Å². The molecule has 0 saturated heterocycles. The van der Waals surface area contributed by atoms with E-state index < -0.39 is 11.1 Å². The second kappa shape index (κ2) is 5.10. The van der Waals surface area contributed by atoms with Crippen LogP contribution in [0.4, 0.5) is 0 Å². The molecular formula is C15H17BrN2O3. The number of nitrogens with zero attached hydrogens (tertiary/aromatic N) is 1. The molecule has 3 rings (SSSR count). The van der Waals surface area contributed by atoms with E-state index in [1.54, 1.807) is 6.92 Å². The lowest BCUT2D eigenvalue weighted by molar-refractivity contribution is -0.173. The molecule has 1 aromatic rings. The van der Waals surface area contributed by atoms with Gasteiger partial charge in [-0.05, 0) is 24.6 Å². The lowest BCUT2D eigenvalue weighted by Gasteiger charge is -2.47. The topological polar surface area (TPSA) is 73.9 Å². The van der Waals surface area contributed by atoms with Crippen molar-refractivity contribution < 1.29 is 14.4 Å². The van der Waals surface area contributed by atoms with Gasteiger partial charge in [-0.15, -0.1) is 0 Å². The summed E-state index contributed by atoms with van der Waals surface area (Å²) >= 11 is 3.41. The molecule has 1 spiro atoms. The van der Waals surface area contributed by atoms with Gasteiger partial charge in [-0.25, -0.2) is 0 Å². The van der Waals surface area contributed by atoms with Gasteiger partial charge in [0.1, 0.15) is 11.1 Å². The SMILES string of the molecule is CCOC(=O)C1(N)CC2(CC(c3ccc(Br)cc3)=NO2)C1. The molecule has 1 saturated carbocycles. The van der Waals surface area contributed by atoms with E-state index in [2.05, 4.69) is 21.1 Å². The number of ether oxygens (including phenoxy) is 1. The molecule has 1 aliphatic heterocycles. The molecule has 1 aliphatic carbocycles. The summed E-state index contributed by atoms with van der Waals surface area (Å²) in [6.45, 7) is 2.11. The second-order valence-electron chi connectivity index (χ2n) is 5.73. The van der Waals surface area contributed by atoms with Crippen molar-refractivity contribution in [1.29, 1.82) is 0 Å². The zero-order chi connectivity index (χ0) is 15.1. The molecule has 1 aromatic carbocycles. The molecular weight excluding hydrogens is 336 g/mol. The van der Waals surface area contributed by atoms with Gasteiger partial charge in [0.15, 0.2) is 0 Å². The quantitative estimate of drug-likeness (QED) is 0.847. The fourth-order valence-electron chi connectivity index (χ4n) is 3.03.